The summed E-state index contributed by atoms with van der Waals surface area (Å²) >= 11 is 2.14. The van der Waals surface area contributed by atoms with Crippen molar-refractivity contribution in [1.29, 1.82) is 0 Å². The normalized spacial score (nSPS) is 25.3. The maximum atomic E-state index is 12.0. The molecule has 1 aliphatic heterocycles. The lowest BCUT2D eigenvalue weighted by atomic mass is 10.00. The van der Waals surface area contributed by atoms with E-state index in [-0.39, 0.29) is 23.7 Å². The third kappa shape index (κ3) is 1.65. The molecule has 3 nitrogen and oxygen atoms in total. The molecule has 2 amide bonds. The quantitative estimate of drug-likeness (QED) is 0.586. The molecule has 0 aliphatic carbocycles. The van der Waals surface area contributed by atoms with E-state index in [1.807, 2.05) is 24.3 Å². The minimum Gasteiger partial charge on any atom is -0.274 e. The molecule has 0 radical (unpaired) electrons. The van der Waals surface area contributed by atoms with Gasteiger partial charge in [-0.3, -0.25) is 9.59 Å². The molecule has 0 aromatic heterocycles. The van der Waals surface area contributed by atoms with E-state index in [0.29, 0.717) is 5.69 Å². The molecule has 1 heterocycles. The molecule has 0 saturated carbocycles. The molecule has 1 aliphatic rings. The van der Waals surface area contributed by atoms with Crippen LogP contribution in [0.25, 0.3) is 0 Å². The minimum atomic E-state index is -0.219. The van der Waals surface area contributed by atoms with Crippen LogP contribution in [0.4, 0.5) is 5.69 Å². The Morgan fingerprint density at radius 3 is 2.06 bits per heavy atom. The van der Waals surface area contributed by atoms with Crippen molar-refractivity contribution in [3.05, 3.63) is 27.8 Å². The molecule has 2 atom stereocenters. The van der Waals surface area contributed by atoms with Gasteiger partial charge in [-0.2, -0.15) is 0 Å². The standard InChI is InChI=1S/C12H12INO2/c1-7-8(2)12(16)14(11(7)15)10-6-4-3-5-9(10)13/h3-8H,1-2H3. The van der Waals surface area contributed by atoms with Gasteiger partial charge in [0.05, 0.1) is 5.69 Å². The number of carbonyl (C=O) groups is 2. The van der Waals surface area contributed by atoms with E-state index < -0.39 is 0 Å². The van der Waals surface area contributed by atoms with Crippen LogP contribution in [-0.4, -0.2) is 11.8 Å². The van der Waals surface area contributed by atoms with Gasteiger partial charge in [0.15, 0.2) is 0 Å². The summed E-state index contributed by atoms with van der Waals surface area (Å²) in [5, 5.41) is 0. The molecule has 1 aromatic carbocycles. The maximum Gasteiger partial charge on any atom is 0.237 e. The lowest BCUT2D eigenvalue weighted by molar-refractivity contribution is -0.122. The minimum absolute atomic E-state index is 0.0957. The second-order valence-electron chi connectivity index (χ2n) is 4.04. The van der Waals surface area contributed by atoms with Crippen LogP contribution in [0.5, 0.6) is 0 Å². The van der Waals surface area contributed by atoms with Crippen LogP contribution in [-0.2, 0) is 9.59 Å². The fourth-order valence-electron chi connectivity index (χ4n) is 1.81. The molecular formula is C12H12INO2. The Kier molecular flexibility index (Phi) is 3.01. The van der Waals surface area contributed by atoms with Crippen molar-refractivity contribution in [2.45, 2.75) is 13.8 Å². The van der Waals surface area contributed by atoms with Gasteiger partial charge in [-0.1, -0.05) is 26.0 Å². The molecule has 0 bridgehead atoms. The van der Waals surface area contributed by atoms with Gasteiger partial charge in [-0.25, -0.2) is 4.90 Å². The van der Waals surface area contributed by atoms with E-state index in [1.54, 1.807) is 13.8 Å². The van der Waals surface area contributed by atoms with E-state index >= 15 is 0 Å². The molecule has 1 saturated heterocycles. The smallest absolute Gasteiger partial charge is 0.237 e. The third-order valence-electron chi connectivity index (χ3n) is 3.06. The number of halogens is 1. The largest absolute Gasteiger partial charge is 0.274 e. The zero-order valence-corrected chi connectivity index (χ0v) is 11.3. The Morgan fingerprint density at radius 2 is 1.56 bits per heavy atom. The second-order valence-corrected chi connectivity index (χ2v) is 5.20. The number of hydrogen-bond acceptors (Lipinski definition) is 2. The predicted octanol–water partition coefficient (Wildman–Crippen LogP) is 2.44. The monoisotopic (exact) mass is 329 g/mol. The van der Waals surface area contributed by atoms with Crippen LogP contribution >= 0.6 is 22.6 Å². The lowest BCUT2D eigenvalue weighted by Crippen LogP contribution is -2.31. The van der Waals surface area contributed by atoms with Crippen LogP contribution in [0.2, 0.25) is 0 Å². The number of amides is 2. The second kappa shape index (κ2) is 4.16. The first kappa shape index (κ1) is 11.6. The van der Waals surface area contributed by atoms with E-state index in [9.17, 15) is 9.59 Å². The van der Waals surface area contributed by atoms with Crippen molar-refractivity contribution in [3.63, 3.8) is 0 Å². The SMILES string of the molecule is CC1C(=O)N(c2ccccc2I)C(=O)C1C. The summed E-state index contributed by atoms with van der Waals surface area (Å²) in [4.78, 5) is 25.3. The molecule has 1 fully saturated rings. The highest BCUT2D eigenvalue weighted by atomic mass is 127. The average Bonchev–Trinajstić information content (AvgIpc) is 2.45. The van der Waals surface area contributed by atoms with Gasteiger partial charge in [-0.05, 0) is 34.7 Å². The number of para-hydroxylation sites is 1. The molecule has 84 valence electrons. The van der Waals surface area contributed by atoms with E-state index in [4.69, 9.17) is 0 Å². The highest BCUT2D eigenvalue weighted by Crippen LogP contribution is 2.32. The summed E-state index contributed by atoms with van der Waals surface area (Å²) in [6, 6.07) is 7.43. The van der Waals surface area contributed by atoms with Crippen molar-refractivity contribution in [3.8, 4) is 0 Å². The molecule has 1 aromatic rings. The van der Waals surface area contributed by atoms with Crippen molar-refractivity contribution in [1.82, 2.24) is 0 Å². The van der Waals surface area contributed by atoms with Gasteiger partial charge < -0.3 is 0 Å². The van der Waals surface area contributed by atoms with Gasteiger partial charge in [0.1, 0.15) is 0 Å². The van der Waals surface area contributed by atoms with Crippen LogP contribution in [0.3, 0.4) is 0 Å². The number of carbonyl (C=O) groups excluding carboxylic acids is 2. The Labute approximate surface area is 108 Å². The summed E-state index contributed by atoms with van der Waals surface area (Å²) < 4.78 is 0.920. The van der Waals surface area contributed by atoms with Gasteiger partial charge in [0.2, 0.25) is 11.8 Å². The zero-order valence-electron chi connectivity index (χ0n) is 9.11. The summed E-state index contributed by atoms with van der Waals surface area (Å²) in [7, 11) is 0. The van der Waals surface area contributed by atoms with Gasteiger partial charge in [0, 0.05) is 15.4 Å². The van der Waals surface area contributed by atoms with E-state index in [2.05, 4.69) is 22.6 Å². The highest BCUT2D eigenvalue weighted by Gasteiger charge is 2.43. The molecule has 0 N–H and O–H groups in total. The lowest BCUT2D eigenvalue weighted by Gasteiger charge is -2.15. The number of imide groups is 1. The maximum absolute atomic E-state index is 12.0. The molecule has 4 heteroatoms. The number of benzene rings is 1. The van der Waals surface area contributed by atoms with E-state index in [1.165, 1.54) is 4.90 Å². The van der Waals surface area contributed by atoms with Crippen molar-refractivity contribution >= 4 is 40.1 Å². The average molecular weight is 329 g/mol. The molecular weight excluding hydrogens is 317 g/mol. The van der Waals surface area contributed by atoms with Crippen LogP contribution in [0.1, 0.15) is 13.8 Å². The first-order chi connectivity index (χ1) is 7.54. The van der Waals surface area contributed by atoms with Crippen molar-refractivity contribution in [2.75, 3.05) is 4.90 Å². The Bertz CT molecular complexity index is 438. The summed E-state index contributed by atoms with van der Waals surface area (Å²) in [6.07, 6.45) is 0. The van der Waals surface area contributed by atoms with Crippen LogP contribution in [0.15, 0.2) is 24.3 Å². The van der Waals surface area contributed by atoms with Crippen LogP contribution < -0.4 is 4.90 Å². The van der Waals surface area contributed by atoms with Gasteiger partial charge in [-0.15, -0.1) is 0 Å². The number of rotatable bonds is 1. The molecule has 2 rings (SSSR count). The fourth-order valence-corrected chi connectivity index (χ4v) is 2.44. The Balaban J connectivity index is 2.47. The first-order valence-corrected chi connectivity index (χ1v) is 6.24. The third-order valence-corrected chi connectivity index (χ3v) is 3.98. The van der Waals surface area contributed by atoms with Crippen molar-refractivity contribution in [2.24, 2.45) is 11.8 Å². The number of nitrogens with zero attached hydrogens (tertiary/aromatic N) is 1. The van der Waals surface area contributed by atoms with Gasteiger partial charge >= 0.3 is 0 Å². The predicted molar refractivity (Wildman–Crippen MR) is 70.0 cm³/mol. The summed E-state index contributed by atoms with van der Waals surface area (Å²) in [6.45, 7) is 3.61. The molecule has 0 spiro atoms. The Morgan fingerprint density at radius 1 is 1.06 bits per heavy atom. The van der Waals surface area contributed by atoms with E-state index in [0.717, 1.165) is 3.57 Å². The topological polar surface area (TPSA) is 37.4 Å². The van der Waals surface area contributed by atoms with Crippen LogP contribution in [0, 0.1) is 15.4 Å². The zero-order chi connectivity index (χ0) is 11.9. The fraction of sp³-hybridized carbons (Fsp3) is 0.333. The Hall–Kier alpha value is -0.910. The summed E-state index contributed by atoms with van der Waals surface area (Å²) in [5.41, 5.74) is 0.703. The van der Waals surface area contributed by atoms with Crippen molar-refractivity contribution < 1.29 is 9.59 Å². The summed E-state index contributed by atoms with van der Waals surface area (Å²) in [5.74, 6) is -0.629. The molecule has 16 heavy (non-hydrogen) atoms. The number of anilines is 1. The highest BCUT2D eigenvalue weighted by molar-refractivity contribution is 14.1. The number of hydrogen-bond donors (Lipinski definition) is 0. The van der Waals surface area contributed by atoms with Gasteiger partial charge in [0.25, 0.3) is 0 Å². The molecule has 2 unspecified atom stereocenters. The first-order valence-electron chi connectivity index (χ1n) is 5.16.